The van der Waals surface area contributed by atoms with Gasteiger partial charge in [0, 0.05) is 35.1 Å². The van der Waals surface area contributed by atoms with E-state index in [0.29, 0.717) is 5.89 Å². The van der Waals surface area contributed by atoms with Crippen LogP contribution in [0.2, 0.25) is 0 Å². The van der Waals surface area contributed by atoms with Crippen molar-refractivity contribution < 1.29 is 13.7 Å². The SMILES string of the molecule is CCc1cc2c(cc1OC)/C(=C/c1nc3c(ccc[n+]3C)o1)C=C(c1ccccc1)N2C. The Labute approximate surface area is 187 Å². The number of benzene rings is 2. The van der Waals surface area contributed by atoms with Gasteiger partial charge in [-0.25, -0.2) is 4.57 Å². The third kappa shape index (κ3) is 3.36. The minimum absolute atomic E-state index is 0.578. The number of aromatic nitrogens is 2. The first-order valence-corrected chi connectivity index (χ1v) is 10.8. The van der Waals surface area contributed by atoms with E-state index < -0.39 is 0 Å². The van der Waals surface area contributed by atoms with Crippen LogP contribution in [-0.2, 0) is 13.5 Å². The molecule has 0 bridgehead atoms. The number of oxazole rings is 1. The summed E-state index contributed by atoms with van der Waals surface area (Å²) in [5.74, 6) is 1.47. The zero-order chi connectivity index (χ0) is 22.2. The molecule has 5 heteroatoms. The number of hydrogen-bond acceptors (Lipinski definition) is 4. The van der Waals surface area contributed by atoms with Crippen molar-refractivity contribution in [2.75, 3.05) is 19.1 Å². The summed E-state index contributed by atoms with van der Waals surface area (Å²) in [6, 6.07) is 18.7. The molecule has 0 saturated heterocycles. The maximum atomic E-state index is 6.05. The first kappa shape index (κ1) is 20.1. The van der Waals surface area contributed by atoms with Crippen LogP contribution >= 0.6 is 0 Å². The molecule has 0 amide bonds. The van der Waals surface area contributed by atoms with Crippen LogP contribution in [0.3, 0.4) is 0 Å². The number of hydrogen-bond donors (Lipinski definition) is 0. The lowest BCUT2D eigenvalue weighted by atomic mass is 9.92. The van der Waals surface area contributed by atoms with Crippen molar-refractivity contribution in [3.63, 3.8) is 0 Å². The lowest BCUT2D eigenvalue weighted by molar-refractivity contribution is -0.646. The number of nitrogens with zero attached hydrogens (tertiary/aromatic N) is 3. The van der Waals surface area contributed by atoms with Gasteiger partial charge in [0.15, 0.2) is 0 Å². The highest BCUT2D eigenvalue weighted by Gasteiger charge is 2.25. The van der Waals surface area contributed by atoms with Gasteiger partial charge in [0.05, 0.1) is 20.4 Å². The second kappa shape index (κ2) is 8.00. The fraction of sp³-hybridized carbons (Fsp3) is 0.185. The Balaban J connectivity index is 1.73. The summed E-state index contributed by atoms with van der Waals surface area (Å²) in [6.45, 7) is 2.15. The Bertz CT molecular complexity index is 1370. The molecule has 0 fully saturated rings. The van der Waals surface area contributed by atoms with Gasteiger partial charge in [-0.15, -0.1) is 0 Å². The van der Waals surface area contributed by atoms with Crippen LogP contribution in [0.5, 0.6) is 5.75 Å². The molecular formula is C27H26N3O2+. The quantitative estimate of drug-likeness (QED) is 0.420. The standard InChI is InChI=1S/C27H26N3O2/c1-5-18-14-23-21(17-25(18)31-4)20(15-22(30(23)3)19-10-7-6-8-11-19)16-26-28-27-24(32-26)12-9-13-29(27)2/h6-17H,5H2,1-4H3/q+1. The van der Waals surface area contributed by atoms with E-state index in [4.69, 9.17) is 14.1 Å². The number of aryl methyl sites for hydroxylation is 2. The summed E-state index contributed by atoms with van der Waals surface area (Å²) in [5.41, 5.74) is 8.31. The predicted octanol–water partition coefficient (Wildman–Crippen LogP) is 5.25. The van der Waals surface area contributed by atoms with E-state index in [2.05, 4.69) is 61.3 Å². The third-order valence-corrected chi connectivity index (χ3v) is 6.00. The second-order valence-corrected chi connectivity index (χ2v) is 7.95. The van der Waals surface area contributed by atoms with E-state index in [9.17, 15) is 0 Å². The van der Waals surface area contributed by atoms with Gasteiger partial charge in [-0.2, -0.15) is 0 Å². The smallest absolute Gasteiger partial charge is 0.370 e. The predicted molar refractivity (Wildman–Crippen MR) is 128 cm³/mol. The van der Waals surface area contributed by atoms with E-state index in [1.165, 1.54) is 5.56 Å². The van der Waals surface area contributed by atoms with E-state index in [0.717, 1.165) is 51.5 Å². The van der Waals surface area contributed by atoms with Crippen LogP contribution in [0.1, 0.15) is 29.5 Å². The summed E-state index contributed by atoms with van der Waals surface area (Å²) in [7, 11) is 5.81. The Morgan fingerprint density at radius 3 is 2.66 bits per heavy atom. The van der Waals surface area contributed by atoms with Crippen LogP contribution < -0.4 is 14.2 Å². The highest BCUT2D eigenvalue weighted by molar-refractivity contribution is 6.03. The molecule has 0 aliphatic carbocycles. The van der Waals surface area contributed by atoms with Crippen molar-refractivity contribution in [1.82, 2.24) is 4.98 Å². The summed E-state index contributed by atoms with van der Waals surface area (Å²) in [4.78, 5) is 6.96. The zero-order valence-electron chi connectivity index (χ0n) is 18.8. The molecule has 1 aliphatic heterocycles. The first-order chi connectivity index (χ1) is 15.6. The van der Waals surface area contributed by atoms with Crippen molar-refractivity contribution >= 4 is 34.3 Å². The van der Waals surface area contributed by atoms with Crippen molar-refractivity contribution in [2.45, 2.75) is 13.3 Å². The minimum atomic E-state index is 0.578. The lowest BCUT2D eigenvalue weighted by Crippen LogP contribution is -2.28. The number of rotatable bonds is 4. The molecule has 0 N–H and O–H groups in total. The first-order valence-electron chi connectivity index (χ1n) is 10.8. The van der Waals surface area contributed by atoms with Gasteiger partial charge < -0.3 is 14.1 Å². The number of allylic oxidation sites excluding steroid dienone is 2. The molecule has 0 unspecified atom stereocenters. The fourth-order valence-corrected chi connectivity index (χ4v) is 4.27. The molecule has 0 spiro atoms. The maximum Gasteiger partial charge on any atom is 0.370 e. The monoisotopic (exact) mass is 424 g/mol. The van der Waals surface area contributed by atoms with Crippen molar-refractivity contribution in [3.8, 4) is 5.75 Å². The summed E-state index contributed by atoms with van der Waals surface area (Å²) < 4.78 is 13.7. The van der Waals surface area contributed by atoms with Crippen LogP contribution in [0.25, 0.3) is 28.6 Å². The van der Waals surface area contributed by atoms with Crippen molar-refractivity contribution in [1.29, 1.82) is 0 Å². The van der Waals surface area contributed by atoms with Crippen LogP contribution in [0.4, 0.5) is 5.69 Å². The summed E-state index contributed by atoms with van der Waals surface area (Å²) >= 11 is 0. The van der Waals surface area contributed by atoms with Crippen LogP contribution in [-0.4, -0.2) is 19.1 Å². The molecule has 2 aromatic carbocycles. The Hall–Kier alpha value is -3.86. The molecule has 4 aromatic rings. The number of anilines is 1. The number of fused-ring (bicyclic) bond motifs is 2. The second-order valence-electron chi connectivity index (χ2n) is 7.95. The van der Waals surface area contributed by atoms with Crippen LogP contribution in [0, 0.1) is 0 Å². The van der Waals surface area contributed by atoms with Gasteiger partial charge >= 0.3 is 11.5 Å². The van der Waals surface area contributed by atoms with E-state index in [-0.39, 0.29) is 0 Å². The highest BCUT2D eigenvalue weighted by Crippen LogP contribution is 2.42. The molecule has 2 aromatic heterocycles. The average molecular weight is 425 g/mol. The normalized spacial score (nSPS) is 14.6. The molecule has 0 radical (unpaired) electrons. The van der Waals surface area contributed by atoms with Gasteiger partial charge in [-0.1, -0.05) is 37.3 Å². The lowest BCUT2D eigenvalue weighted by Gasteiger charge is -2.31. The molecule has 3 heterocycles. The van der Waals surface area contributed by atoms with E-state index in [1.807, 2.05) is 42.1 Å². The summed E-state index contributed by atoms with van der Waals surface area (Å²) in [6.07, 6.45) is 7.07. The van der Waals surface area contributed by atoms with Crippen molar-refractivity contribution in [2.24, 2.45) is 7.05 Å². The van der Waals surface area contributed by atoms with E-state index >= 15 is 0 Å². The van der Waals surface area contributed by atoms with E-state index in [1.54, 1.807) is 7.11 Å². The molecule has 0 atom stereocenters. The topological polar surface area (TPSA) is 42.4 Å². The maximum absolute atomic E-state index is 6.05. The van der Waals surface area contributed by atoms with Gasteiger partial charge in [0.1, 0.15) is 5.75 Å². The van der Waals surface area contributed by atoms with Crippen molar-refractivity contribution in [3.05, 3.63) is 89.5 Å². The molecule has 0 saturated carbocycles. The number of pyridine rings is 1. The molecular weight excluding hydrogens is 398 g/mol. The Morgan fingerprint density at radius 2 is 1.94 bits per heavy atom. The Kier molecular flexibility index (Phi) is 5.02. The third-order valence-electron chi connectivity index (χ3n) is 6.00. The van der Waals surface area contributed by atoms with Gasteiger partial charge in [-0.3, -0.25) is 0 Å². The number of methoxy groups -OCH3 is 1. The summed E-state index contributed by atoms with van der Waals surface area (Å²) in [5, 5.41) is 0. The molecule has 1 aliphatic rings. The number of ether oxygens (including phenoxy) is 1. The minimum Gasteiger partial charge on any atom is -0.496 e. The molecule has 32 heavy (non-hydrogen) atoms. The molecule has 5 rings (SSSR count). The van der Waals surface area contributed by atoms with Gasteiger partial charge in [-0.05, 0) is 53.5 Å². The molecule has 160 valence electrons. The van der Waals surface area contributed by atoms with Gasteiger partial charge in [0.25, 0.3) is 0 Å². The Morgan fingerprint density at radius 1 is 1.12 bits per heavy atom. The zero-order valence-corrected chi connectivity index (χ0v) is 18.8. The van der Waals surface area contributed by atoms with Gasteiger partial charge in [0.2, 0.25) is 5.58 Å². The van der Waals surface area contributed by atoms with Crippen LogP contribution in [0.15, 0.2) is 71.3 Å². The molecule has 5 nitrogen and oxygen atoms in total. The average Bonchev–Trinajstić information content (AvgIpc) is 3.24. The largest absolute Gasteiger partial charge is 0.496 e. The fourth-order valence-electron chi connectivity index (χ4n) is 4.27. The highest BCUT2D eigenvalue weighted by atomic mass is 16.5.